The largest absolute Gasteiger partial charge is 0.314 e. The van der Waals surface area contributed by atoms with Gasteiger partial charge < -0.3 is 4.52 Å². The van der Waals surface area contributed by atoms with Crippen molar-refractivity contribution >= 4 is 40.3 Å². The Bertz CT molecular complexity index is 202. The van der Waals surface area contributed by atoms with Crippen molar-refractivity contribution < 1.29 is 9.09 Å². The SMILES string of the molecule is CCCSP(=O)(OCC)SCC(C)SC. The molecule has 0 fully saturated rings. The zero-order valence-corrected chi connectivity index (χ0v) is 13.2. The molecule has 0 rings (SSSR count). The van der Waals surface area contributed by atoms with Crippen molar-refractivity contribution in [1.82, 2.24) is 0 Å². The molecule has 6 heteroatoms. The fourth-order valence-electron chi connectivity index (χ4n) is 0.737. The highest BCUT2D eigenvalue weighted by Gasteiger charge is 2.24. The van der Waals surface area contributed by atoms with Crippen molar-refractivity contribution in [2.24, 2.45) is 0 Å². The first-order chi connectivity index (χ1) is 7.08. The van der Waals surface area contributed by atoms with E-state index in [4.69, 9.17) is 4.52 Å². The second kappa shape index (κ2) is 9.29. The maximum absolute atomic E-state index is 12.3. The quantitative estimate of drug-likeness (QED) is 0.570. The minimum absolute atomic E-state index is 0.533. The van der Waals surface area contributed by atoms with Gasteiger partial charge in [-0.15, -0.1) is 0 Å². The lowest BCUT2D eigenvalue weighted by Gasteiger charge is -2.17. The van der Waals surface area contributed by atoms with Gasteiger partial charge in [0.25, 0.3) is 0 Å². The molecule has 15 heavy (non-hydrogen) atoms. The first-order valence-corrected chi connectivity index (χ1v) is 11.2. The molecular weight excluding hydrogens is 267 g/mol. The van der Waals surface area contributed by atoms with Crippen LogP contribution in [-0.4, -0.2) is 29.6 Å². The third kappa shape index (κ3) is 8.03. The summed E-state index contributed by atoms with van der Waals surface area (Å²) < 4.78 is 17.7. The summed E-state index contributed by atoms with van der Waals surface area (Å²) in [6.07, 6.45) is 3.12. The van der Waals surface area contributed by atoms with E-state index >= 15 is 0 Å². The maximum atomic E-state index is 12.3. The van der Waals surface area contributed by atoms with Crippen molar-refractivity contribution in [3.05, 3.63) is 0 Å². The molecule has 0 N–H and O–H groups in total. The Hall–Kier alpha value is 1.24. The van der Waals surface area contributed by atoms with Crippen LogP contribution in [0.15, 0.2) is 0 Å². The van der Waals surface area contributed by atoms with Crippen LogP contribution in [-0.2, 0) is 9.09 Å². The Labute approximate surface area is 106 Å². The second-order valence-electron chi connectivity index (χ2n) is 3.04. The van der Waals surface area contributed by atoms with Gasteiger partial charge in [0.05, 0.1) is 6.61 Å². The molecule has 0 amide bonds. The summed E-state index contributed by atoms with van der Waals surface area (Å²) >= 11 is 4.79. The van der Waals surface area contributed by atoms with Crippen LogP contribution in [0, 0.1) is 0 Å². The molecule has 0 aliphatic heterocycles. The van der Waals surface area contributed by atoms with Crippen molar-refractivity contribution in [3.8, 4) is 0 Å². The number of thioether (sulfide) groups is 1. The molecule has 2 atom stereocenters. The lowest BCUT2D eigenvalue weighted by Crippen LogP contribution is -1.98. The van der Waals surface area contributed by atoms with Crippen LogP contribution in [0.4, 0.5) is 0 Å². The molecule has 0 aliphatic rings. The van der Waals surface area contributed by atoms with Gasteiger partial charge in [0.1, 0.15) is 0 Å². The minimum atomic E-state index is -2.48. The first-order valence-electron chi connectivity index (χ1n) is 5.14. The van der Waals surface area contributed by atoms with Crippen LogP contribution in [0.5, 0.6) is 0 Å². The van der Waals surface area contributed by atoms with E-state index in [0.29, 0.717) is 11.9 Å². The van der Waals surface area contributed by atoms with Crippen molar-refractivity contribution in [2.75, 3.05) is 24.4 Å². The topological polar surface area (TPSA) is 26.3 Å². The van der Waals surface area contributed by atoms with E-state index < -0.39 is 5.77 Å². The van der Waals surface area contributed by atoms with Crippen molar-refractivity contribution in [3.63, 3.8) is 0 Å². The molecular formula is C9H21O2PS3. The molecule has 0 bridgehead atoms. The zero-order chi connectivity index (χ0) is 11.7. The summed E-state index contributed by atoms with van der Waals surface area (Å²) in [5.41, 5.74) is 0. The normalized spacial score (nSPS) is 17.3. The van der Waals surface area contributed by atoms with Crippen LogP contribution < -0.4 is 0 Å². The van der Waals surface area contributed by atoms with Gasteiger partial charge in [0, 0.05) is 16.8 Å². The third-order valence-electron chi connectivity index (χ3n) is 1.61. The summed E-state index contributed by atoms with van der Waals surface area (Å²) in [7, 11) is 0. The Kier molecular flexibility index (Phi) is 10.1. The smallest absolute Gasteiger partial charge is 0.313 e. The van der Waals surface area contributed by atoms with Crippen LogP contribution in [0.25, 0.3) is 0 Å². The van der Waals surface area contributed by atoms with E-state index in [0.717, 1.165) is 17.9 Å². The highest BCUT2D eigenvalue weighted by Crippen LogP contribution is 2.70. The molecule has 0 saturated carbocycles. The van der Waals surface area contributed by atoms with Gasteiger partial charge in [0.15, 0.2) is 0 Å². The number of hydrogen-bond acceptors (Lipinski definition) is 5. The first kappa shape index (κ1) is 16.2. The Balaban J connectivity index is 4.06. The maximum Gasteiger partial charge on any atom is 0.313 e. The molecule has 0 saturated heterocycles. The van der Waals surface area contributed by atoms with Gasteiger partial charge >= 0.3 is 5.77 Å². The fraction of sp³-hybridized carbons (Fsp3) is 1.00. The van der Waals surface area contributed by atoms with E-state index in [-0.39, 0.29) is 0 Å². The fourth-order valence-corrected chi connectivity index (χ4v) is 8.76. The van der Waals surface area contributed by atoms with Crippen LogP contribution in [0.1, 0.15) is 27.2 Å². The average molecular weight is 288 g/mol. The van der Waals surface area contributed by atoms with Gasteiger partial charge in [0.2, 0.25) is 0 Å². The molecule has 0 aromatic carbocycles. The van der Waals surface area contributed by atoms with Crippen LogP contribution in [0.2, 0.25) is 0 Å². The summed E-state index contributed by atoms with van der Waals surface area (Å²) in [5.74, 6) is -0.670. The van der Waals surface area contributed by atoms with E-state index in [1.807, 2.05) is 6.92 Å². The number of rotatable bonds is 9. The Morgan fingerprint density at radius 2 is 2.00 bits per heavy atom. The Morgan fingerprint density at radius 3 is 2.47 bits per heavy atom. The molecule has 0 aromatic rings. The summed E-state index contributed by atoms with van der Waals surface area (Å²) in [4.78, 5) is 0. The molecule has 2 unspecified atom stereocenters. The summed E-state index contributed by atoms with van der Waals surface area (Å²) in [6, 6.07) is 0. The molecule has 0 aliphatic carbocycles. The van der Waals surface area contributed by atoms with Gasteiger partial charge in [-0.2, -0.15) is 11.8 Å². The van der Waals surface area contributed by atoms with Gasteiger partial charge in [-0.1, -0.05) is 36.6 Å². The van der Waals surface area contributed by atoms with Crippen LogP contribution in [0.3, 0.4) is 0 Å². The highest BCUT2D eigenvalue weighted by atomic mass is 33.1. The van der Waals surface area contributed by atoms with Gasteiger partial charge in [-0.05, 0) is 19.6 Å². The third-order valence-corrected chi connectivity index (χ3v) is 10.7. The Morgan fingerprint density at radius 1 is 1.33 bits per heavy atom. The van der Waals surface area contributed by atoms with E-state index in [1.165, 1.54) is 22.8 Å². The number of hydrogen-bond donors (Lipinski definition) is 0. The lowest BCUT2D eigenvalue weighted by atomic mass is 10.6. The van der Waals surface area contributed by atoms with E-state index in [1.54, 1.807) is 11.8 Å². The van der Waals surface area contributed by atoms with Crippen LogP contribution >= 0.6 is 40.3 Å². The second-order valence-corrected chi connectivity index (χ2v) is 11.9. The average Bonchev–Trinajstić information content (AvgIpc) is 2.24. The summed E-state index contributed by atoms with van der Waals surface area (Å²) in [6.45, 7) is 6.68. The minimum Gasteiger partial charge on any atom is -0.314 e. The molecule has 0 spiro atoms. The highest BCUT2D eigenvalue weighted by molar-refractivity contribution is 8.89. The van der Waals surface area contributed by atoms with E-state index in [2.05, 4.69) is 20.1 Å². The predicted molar refractivity (Wildman–Crippen MR) is 77.4 cm³/mol. The van der Waals surface area contributed by atoms with E-state index in [9.17, 15) is 4.57 Å². The standard InChI is InChI=1S/C9H21O2PS3/c1-5-7-14-12(10,11-6-2)15-8-9(3)13-4/h9H,5-8H2,1-4H3. The van der Waals surface area contributed by atoms with Crippen molar-refractivity contribution in [1.29, 1.82) is 0 Å². The van der Waals surface area contributed by atoms with Gasteiger partial charge in [-0.3, -0.25) is 4.57 Å². The molecule has 92 valence electrons. The molecule has 2 nitrogen and oxygen atoms in total. The summed E-state index contributed by atoms with van der Waals surface area (Å²) in [5, 5.41) is 0.533. The lowest BCUT2D eigenvalue weighted by molar-refractivity contribution is 0.357. The zero-order valence-electron chi connectivity index (χ0n) is 9.89. The molecule has 0 heterocycles. The predicted octanol–water partition coefficient (Wildman–Crippen LogP) is 4.76. The molecule has 0 radical (unpaired) electrons. The molecule has 0 aromatic heterocycles. The van der Waals surface area contributed by atoms with Crippen molar-refractivity contribution in [2.45, 2.75) is 32.4 Å². The monoisotopic (exact) mass is 288 g/mol. The van der Waals surface area contributed by atoms with Gasteiger partial charge in [-0.25, -0.2) is 0 Å².